The van der Waals surface area contributed by atoms with Crippen LogP contribution in [0, 0.1) is 0 Å². The molecule has 0 radical (unpaired) electrons. The van der Waals surface area contributed by atoms with E-state index in [9.17, 15) is 4.79 Å². The van der Waals surface area contributed by atoms with Crippen LogP contribution in [-0.2, 0) is 11.2 Å². The van der Waals surface area contributed by atoms with Crippen LogP contribution in [0.2, 0.25) is 0 Å². The van der Waals surface area contributed by atoms with Crippen LogP contribution < -0.4 is 15.0 Å². The standard InChI is InChI=1S/C22H31N5O3.HI/c1-25(2)21(28)17-24-22(23-10-9-19-8-5-15-30-19)27-13-11-26(12-14-27)18-6-4-7-20(16-18)29-3;/h4-8,15-16H,9-14,17H2,1-3H3,(H,23,24);1H. The zero-order chi connectivity index (χ0) is 21.3. The first kappa shape index (κ1) is 24.8. The predicted molar refractivity (Wildman–Crippen MR) is 134 cm³/mol. The van der Waals surface area contributed by atoms with Crippen LogP contribution in [0.4, 0.5) is 5.69 Å². The number of carbonyl (C=O) groups is 1. The number of aliphatic imine (C=N–C) groups is 1. The lowest BCUT2D eigenvalue weighted by Gasteiger charge is -2.38. The van der Waals surface area contributed by atoms with Crippen molar-refractivity contribution >= 4 is 41.5 Å². The highest BCUT2D eigenvalue weighted by atomic mass is 127. The molecule has 1 aromatic carbocycles. The van der Waals surface area contributed by atoms with Gasteiger partial charge < -0.3 is 29.2 Å². The van der Waals surface area contributed by atoms with Gasteiger partial charge in [0.25, 0.3) is 0 Å². The van der Waals surface area contributed by atoms with Gasteiger partial charge in [-0.25, -0.2) is 4.99 Å². The molecule has 170 valence electrons. The van der Waals surface area contributed by atoms with E-state index in [0.717, 1.165) is 55.8 Å². The highest BCUT2D eigenvalue weighted by Gasteiger charge is 2.21. The third-order valence-corrected chi connectivity index (χ3v) is 5.10. The number of benzene rings is 1. The Morgan fingerprint density at radius 3 is 2.61 bits per heavy atom. The summed E-state index contributed by atoms with van der Waals surface area (Å²) in [5.74, 6) is 2.53. The SMILES string of the molecule is COc1cccc(N2CCN(C(=NCC(=O)N(C)C)NCCc3ccco3)CC2)c1.I. The van der Waals surface area contributed by atoms with Gasteiger partial charge in [-0.05, 0) is 24.3 Å². The predicted octanol–water partition coefficient (Wildman–Crippen LogP) is 2.30. The second-order valence-electron chi connectivity index (χ2n) is 7.36. The summed E-state index contributed by atoms with van der Waals surface area (Å²) in [7, 11) is 5.17. The smallest absolute Gasteiger partial charge is 0.243 e. The van der Waals surface area contributed by atoms with Crippen molar-refractivity contribution in [3.05, 3.63) is 48.4 Å². The average molecular weight is 541 g/mol. The second kappa shape index (κ2) is 12.4. The van der Waals surface area contributed by atoms with E-state index in [2.05, 4.69) is 32.2 Å². The van der Waals surface area contributed by atoms with E-state index in [1.807, 2.05) is 24.3 Å². The minimum absolute atomic E-state index is 0. The van der Waals surface area contributed by atoms with Crippen LogP contribution in [0.25, 0.3) is 0 Å². The summed E-state index contributed by atoms with van der Waals surface area (Å²) in [5, 5.41) is 3.40. The Bertz CT molecular complexity index is 833. The number of piperazine rings is 1. The molecule has 1 aromatic heterocycles. The number of hydrogen-bond acceptors (Lipinski definition) is 5. The number of furan rings is 1. The van der Waals surface area contributed by atoms with Crippen molar-refractivity contribution in [1.82, 2.24) is 15.1 Å². The van der Waals surface area contributed by atoms with E-state index in [-0.39, 0.29) is 36.4 Å². The molecule has 8 nitrogen and oxygen atoms in total. The van der Waals surface area contributed by atoms with Gasteiger partial charge in [-0.3, -0.25) is 4.79 Å². The molecule has 0 atom stereocenters. The van der Waals surface area contributed by atoms with Gasteiger partial charge in [-0.15, -0.1) is 24.0 Å². The van der Waals surface area contributed by atoms with E-state index >= 15 is 0 Å². The first-order valence-electron chi connectivity index (χ1n) is 10.2. The van der Waals surface area contributed by atoms with E-state index in [4.69, 9.17) is 9.15 Å². The maximum Gasteiger partial charge on any atom is 0.243 e. The van der Waals surface area contributed by atoms with Crippen molar-refractivity contribution in [2.24, 2.45) is 4.99 Å². The number of hydrogen-bond donors (Lipinski definition) is 1. The van der Waals surface area contributed by atoms with E-state index in [0.29, 0.717) is 6.54 Å². The number of guanidine groups is 1. The Morgan fingerprint density at radius 2 is 1.97 bits per heavy atom. The number of likely N-dealkylation sites (N-methyl/N-ethyl adjacent to an activating group) is 1. The number of carbonyl (C=O) groups excluding carboxylic acids is 1. The molecule has 0 bridgehead atoms. The van der Waals surface area contributed by atoms with Crippen LogP contribution in [-0.4, -0.2) is 82.1 Å². The Balaban J connectivity index is 0.00000341. The molecule has 1 fully saturated rings. The normalized spacial score (nSPS) is 14.1. The fourth-order valence-electron chi connectivity index (χ4n) is 3.29. The summed E-state index contributed by atoms with van der Waals surface area (Å²) in [6.45, 7) is 4.20. The number of anilines is 1. The van der Waals surface area contributed by atoms with Crippen molar-refractivity contribution in [3.8, 4) is 5.75 Å². The zero-order valence-electron chi connectivity index (χ0n) is 18.4. The second-order valence-corrected chi connectivity index (χ2v) is 7.36. The Kier molecular flexibility index (Phi) is 9.96. The van der Waals surface area contributed by atoms with E-state index in [1.54, 1.807) is 32.4 Å². The Morgan fingerprint density at radius 1 is 1.19 bits per heavy atom. The summed E-state index contributed by atoms with van der Waals surface area (Å²) in [6.07, 6.45) is 2.44. The van der Waals surface area contributed by atoms with Gasteiger partial charge in [0, 0.05) is 65.0 Å². The van der Waals surface area contributed by atoms with Crippen LogP contribution in [0.3, 0.4) is 0 Å². The number of nitrogens with zero attached hydrogens (tertiary/aromatic N) is 4. The third kappa shape index (κ3) is 7.34. The fraction of sp³-hybridized carbons (Fsp3) is 0.455. The Hall–Kier alpha value is -2.43. The molecule has 2 heterocycles. The van der Waals surface area contributed by atoms with Crippen molar-refractivity contribution in [1.29, 1.82) is 0 Å². The number of amides is 1. The molecule has 9 heteroatoms. The van der Waals surface area contributed by atoms with Crippen molar-refractivity contribution < 1.29 is 13.9 Å². The minimum Gasteiger partial charge on any atom is -0.497 e. The van der Waals surface area contributed by atoms with Crippen molar-refractivity contribution in [2.45, 2.75) is 6.42 Å². The quantitative estimate of drug-likeness (QED) is 0.330. The van der Waals surface area contributed by atoms with Crippen LogP contribution in [0.5, 0.6) is 5.75 Å². The number of nitrogens with one attached hydrogen (secondary N) is 1. The number of methoxy groups -OCH3 is 1. The molecule has 3 rings (SSSR count). The summed E-state index contributed by atoms with van der Waals surface area (Å²) >= 11 is 0. The lowest BCUT2D eigenvalue weighted by atomic mass is 10.2. The molecule has 0 aliphatic carbocycles. The summed E-state index contributed by atoms with van der Waals surface area (Å²) in [4.78, 5) is 22.7. The highest BCUT2D eigenvalue weighted by Crippen LogP contribution is 2.22. The third-order valence-electron chi connectivity index (χ3n) is 5.10. The van der Waals surface area contributed by atoms with Gasteiger partial charge >= 0.3 is 0 Å². The summed E-state index contributed by atoms with van der Waals surface area (Å²) < 4.78 is 10.7. The van der Waals surface area contributed by atoms with E-state index in [1.165, 1.54) is 0 Å². The first-order chi connectivity index (χ1) is 14.6. The number of rotatable bonds is 7. The highest BCUT2D eigenvalue weighted by molar-refractivity contribution is 14.0. The number of ether oxygens (including phenoxy) is 1. The van der Waals surface area contributed by atoms with Gasteiger partial charge in [0.15, 0.2) is 5.96 Å². The molecule has 1 aliphatic heterocycles. The average Bonchev–Trinajstić information content (AvgIpc) is 3.29. The van der Waals surface area contributed by atoms with Crippen molar-refractivity contribution in [3.63, 3.8) is 0 Å². The van der Waals surface area contributed by atoms with E-state index < -0.39 is 0 Å². The van der Waals surface area contributed by atoms with Gasteiger partial charge in [-0.1, -0.05) is 6.07 Å². The summed E-state index contributed by atoms with van der Waals surface area (Å²) in [6, 6.07) is 12.0. The molecule has 1 saturated heterocycles. The fourth-order valence-corrected chi connectivity index (χ4v) is 3.29. The largest absolute Gasteiger partial charge is 0.497 e. The Labute approximate surface area is 201 Å². The lowest BCUT2D eigenvalue weighted by molar-refractivity contribution is -0.127. The topological polar surface area (TPSA) is 73.6 Å². The molecule has 1 aliphatic rings. The molecule has 0 unspecified atom stereocenters. The maximum absolute atomic E-state index is 12.0. The molecule has 31 heavy (non-hydrogen) atoms. The molecule has 2 aromatic rings. The lowest BCUT2D eigenvalue weighted by Crippen LogP contribution is -2.53. The molecule has 1 N–H and O–H groups in total. The van der Waals surface area contributed by atoms with Crippen LogP contribution in [0.1, 0.15) is 5.76 Å². The van der Waals surface area contributed by atoms with Gasteiger partial charge in [-0.2, -0.15) is 0 Å². The monoisotopic (exact) mass is 541 g/mol. The molecule has 0 saturated carbocycles. The first-order valence-corrected chi connectivity index (χ1v) is 10.2. The molecular weight excluding hydrogens is 509 g/mol. The van der Waals surface area contributed by atoms with Crippen molar-refractivity contribution in [2.75, 3.05) is 65.4 Å². The molecule has 0 spiro atoms. The molecule has 1 amide bonds. The minimum atomic E-state index is -0.0182. The van der Waals surface area contributed by atoms with Gasteiger partial charge in [0.05, 0.1) is 13.4 Å². The van der Waals surface area contributed by atoms with Crippen LogP contribution in [0.15, 0.2) is 52.1 Å². The molecular formula is C22H32IN5O3. The maximum atomic E-state index is 12.0. The number of halogens is 1. The van der Waals surface area contributed by atoms with Gasteiger partial charge in [0.1, 0.15) is 18.1 Å². The van der Waals surface area contributed by atoms with Crippen LogP contribution >= 0.6 is 24.0 Å². The zero-order valence-corrected chi connectivity index (χ0v) is 20.7. The van der Waals surface area contributed by atoms with Gasteiger partial charge in [0.2, 0.25) is 5.91 Å². The summed E-state index contributed by atoms with van der Waals surface area (Å²) in [5.41, 5.74) is 1.15.